The highest BCUT2D eigenvalue weighted by molar-refractivity contribution is 7.89. The number of carbonyl (C=O) groups is 3. The van der Waals surface area contributed by atoms with Crippen LogP contribution in [0.3, 0.4) is 0 Å². The van der Waals surface area contributed by atoms with Gasteiger partial charge in [0.15, 0.2) is 5.78 Å². The van der Waals surface area contributed by atoms with Gasteiger partial charge in [0.1, 0.15) is 0 Å². The molecule has 2 aromatic carbocycles. The summed E-state index contributed by atoms with van der Waals surface area (Å²) >= 11 is 0. The lowest BCUT2D eigenvalue weighted by Crippen LogP contribution is -2.66. The molecule has 34 heavy (non-hydrogen) atoms. The lowest BCUT2D eigenvalue weighted by Gasteiger charge is -2.33. The van der Waals surface area contributed by atoms with Gasteiger partial charge in [-0.1, -0.05) is 18.2 Å². The minimum absolute atomic E-state index is 0.0359. The van der Waals surface area contributed by atoms with Crippen molar-refractivity contribution in [3.8, 4) is 0 Å². The number of rotatable bonds is 6. The van der Waals surface area contributed by atoms with Crippen LogP contribution in [0, 0.1) is 0 Å². The van der Waals surface area contributed by atoms with Crippen LogP contribution < -0.4 is 14.9 Å². The number of sulfonamides is 1. The first-order valence-corrected chi connectivity index (χ1v) is 11.3. The Balaban J connectivity index is 2.17. The highest BCUT2D eigenvalue weighted by Crippen LogP contribution is 2.47. The summed E-state index contributed by atoms with van der Waals surface area (Å²) in [6.07, 6.45) is -5.50. The van der Waals surface area contributed by atoms with Crippen molar-refractivity contribution in [1.82, 2.24) is 4.72 Å². The first-order chi connectivity index (χ1) is 15.7. The molecule has 0 radical (unpaired) electrons. The average Bonchev–Trinajstić information content (AvgIpc) is 2.95. The smallest absolute Gasteiger partial charge is 0.326 e. The van der Waals surface area contributed by atoms with Crippen molar-refractivity contribution < 1.29 is 36.0 Å². The van der Waals surface area contributed by atoms with Crippen LogP contribution in [-0.2, 0) is 24.4 Å². The number of amides is 2. The fourth-order valence-electron chi connectivity index (χ4n) is 3.81. The lowest BCUT2D eigenvalue weighted by atomic mass is 9.88. The highest BCUT2D eigenvalue weighted by atomic mass is 32.2. The average molecular weight is 495 g/mol. The number of para-hydroxylation sites is 1. The number of halogens is 3. The highest BCUT2D eigenvalue weighted by Gasteiger charge is 2.70. The van der Waals surface area contributed by atoms with Gasteiger partial charge in [0.05, 0.1) is 10.5 Å². The first-order valence-electron chi connectivity index (χ1n) is 9.82. The molecule has 1 aliphatic heterocycles. The molecule has 0 aromatic heterocycles. The number of hydrogen-bond donors (Lipinski definition) is 2. The number of alkyl halides is 3. The van der Waals surface area contributed by atoms with E-state index in [4.69, 9.17) is 0 Å². The van der Waals surface area contributed by atoms with Crippen LogP contribution in [0.1, 0.15) is 20.8 Å². The van der Waals surface area contributed by atoms with E-state index in [9.17, 15) is 36.0 Å². The summed E-state index contributed by atoms with van der Waals surface area (Å²) in [5, 5.41) is 2.40. The molecule has 2 N–H and O–H groups in total. The minimum Gasteiger partial charge on any atom is -0.326 e. The topological polar surface area (TPSA) is 113 Å². The number of nitrogens with one attached hydrogen (secondary N) is 2. The second kappa shape index (κ2) is 8.69. The molecule has 1 heterocycles. The standard InChI is InChI=1S/C22H20F3N3O5S/c1-13-19(14(2)29)21(22(23,24)25,20(31)28(13)17-7-5-4-6-8-17)27-34(32,33)18-11-9-16(10-12-18)26-15(3)30/h4-12,27H,1-3H3,(H,26,30)/t21-/m1/s1. The molecule has 180 valence electrons. The van der Waals surface area contributed by atoms with E-state index in [0.29, 0.717) is 4.90 Å². The Hall–Kier alpha value is -3.51. The van der Waals surface area contributed by atoms with Gasteiger partial charge in [-0.15, -0.1) is 0 Å². The molecular formula is C22H20F3N3O5S. The first kappa shape index (κ1) is 25.1. The largest absolute Gasteiger partial charge is 0.421 e. The molecule has 0 fully saturated rings. The third-order valence-electron chi connectivity index (χ3n) is 5.16. The Morgan fingerprint density at radius 2 is 1.53 bits per heavy atom. The monoisotopic (exact) mass is 495 g/mol. The van der Waals surface area contributed by atoms with Crippen LogP contribution >= 0.6 is 0 Å². The number of ketones is 1. The van der Waals surface area contributed by atoms with Gasteiger partial charge in [0, 0.05) is 24.0 Å². The van der Waals surface area contributed by atoms with Crippen molar-refractivity contribution in [1.29, 1.82) is 0 Å². The number of carbonyl (C=O) groups excluding carboxylic acids is 3. The SMILES string of the molecule is CC(=O)Nc1ccc(S(=O)(=O)N[C@@]2(C(F)(F)F)C(=O)N(c3ccccc3)C(C)=C2C(C)=O)cc1. The molecule has 1 atom stereocenters. The zero-order valence-electron chi connectivity index (χ0n) is 18.2. The Morgan fingerprint density at radius 1 is 0.971 bits per heavy atom. The third-order valence-corrected chi connectivity index (χ3v) is 6.63. The Labute approximate surface area is 193 Å². The minimum atomic E-state index is -5.50. The van der Waals surface area contributed by atoms with E-state index < -0.39 is 49.8 Å². The molecule has 0 unspecified atom stereocenters. The maximum atomic E-state index is 14.6. The van der Waals surface area contributed by atoms with Gasteiger partial charge in [-0.3, -0.25) is 19.3 Å². The fourth-order valence-corrected chi connectivity index (χ4v) is 5.13. The molecule has 12 heteroatoms. The summed E-state index contributed by atoms with van der Waals surface area (Å²) in [5.74, 6) is -3.23. The predicted molar refractivity (Wildman–Crippen MR) is 117 cm³/mol. The van der Waals surface area contributed by atoms with Crippen molar-refractivity contribution in [2.75, 3.05) is 10.2 Å². The van der Waals surface area contributed by atoms with Crippen molar-refractivity contribution in [2.24, 2.45) is 0 Å². The number of benzene rings is 2. The Morgan fingerprint density at radius 3 is 2.00 bits per heavy atom. The van der Waals surface area contributed by atoms with Crippen molar-refractivity contribution >= 4 is 39.0 Å². The van der Waals surface area contributed by atoms with Crippen LogP contribution in [0.15, 0.2) is 70.8 Å². The molecule has 2 aromatic rings. The number of anilines is 2. The number of nitrogens with zero attached hydrogens (tertiary/aromatic N) is 1. The molecule has 0 saturated carbocycles. The van der Waals surface area contributed by atoms with E-state index in [2.05, 4.69) is 5.32 Å². The van der Waals surface area contributed by atoms with Gasteiger partial charge < -0.3 is 5.32 Å². The number of hydrogen-bond acceptors (Lipinski definition) is 5. The Bertz CT molecular complexity index is 1290. The molecular weight excluding hydrogens is 475 g/mol. The summed E-state index contributed by atoms with van der Waals surface area (Å²) in [4.78, 5) is 36.9. The maximum Gasteiger partial charge on any atom is 0.421 e. The normalized spacial score (nSPS) is 18.9. The maximum absolute atomic E-state index is 14.6. The zero-order chi connectivity index (χ0) is 25.5. The van der Waals surface area contributed by atoms with Crippen LogP contribution in [0.4, 0.5) is 24.5 Å². The summed E-state index contributed by atoms with van der Waals surface area (Å²) < 4.78 is 71.3. The Kier molecular flexibility index (Phi) is 6.42. The van der Waals surface area contributed by atoms with E-state index >= 15 is 0 Å². The van der Waals surface area contributed by atoms with Crippen LogP contribution in [0.2, 0.25) is 0 Å². The summed E-state index contributed by atoms with van der Waals surface area (Å²) in [6.45, 7) is 3.20. The summed E-state index contributed by atoms with van der Waals surface area (Å²) in [5.41, 5.74) is -4.96. The van der Waals surface area contributed by atoms with Gasteiger partial charge in [0.2, 0.25) is 21.5 Å². The quantitative estimate of drug-likeness (QED) is 0.640. The molecule has 2 amide bonds. The van der Waals surface area contributed by atoms with Crippen molar-refractivity contribution in [3.05, 3.63) is 65.9 Å². The van der Waals surface area contributed by atoms with E-state index in [0.717, 1.165) is 26.0 Å². The molecule has 0 bridgehead atoms. The summed E-state index contributed by atoms with van der Waals surface area (Å²) in [6, 6.07) is 11.6. The number of Topliss-reactive ketones (excluding diaryl/α,β-unsaturated/α-hetero) is 1. The fraction of sp³-hybridized carbons (Fsp3) is 0.227. The second-order valence-electron chi connectivity index (χ2n) is 7.55. The second-order valence-corrected chi connectivity index (χ2v) is 9.23. The van der Waals surface area contributed by atoms with Gasteiger partial charge in [0.25, 0.3) is 5.91 Å². The van der Waals surface area contributed by atoms with Crippen LogP contribution in [0.5, 0.6) is 0 Å². The van der Waals surface area contributed by atoms with Gasteiger partial charge in [-0.25, -0.2) is 8.42 Å². The predicted octanol–water partition coefficient (Wildman–Crippen LogP) is 3.13. The molecule has 1 aliphatic rings. The molecule has 3 rings (SSSR count). The van der Waals surface area contributed by atoms with Crippen molar-refractivity contribution in [2.45, 2.75) is 37.4 Å². The molecule has 0 spiro atoms. The van der Waals surface area contributed by atoms with E-state index in [1.54, 1.807) is 6.07 Å². The van der Waals surface area contributed by atoms with Crippen LogP contribution in [-0.4, -0.2) is 37.7 Å². The summed E-state index contributed by atoms with van der Waals surface area (Å²) in [7, 11) is -4.98. The van der Waals surface area contributed by atoms with Gasteiger partial charge >= 0.3 is 6.18 Å². The zero-order valence-corrected chi connectivity index (χ0v) is 19.0. The van der Waals surface area contributed by atoms with E-state index in [1.165, 1.54) is 48.0 Å². The van der Waals surface area contributed by atoms with E-state index in [-0.39, 0.29) is 17.1 Å². The number of allylic oxidation sites excluding steroid dienone is 1. The lowest BCUT2D eigenvalue weighted by molar-refractivity contribution is -0.183. The van der Waals surface area contributed by atoms with Gasteiger partial charge in [-0.2, -0.15) is 17.9 Å². The molecule has 8 nitrogen and oxygen atoms in total. The molecule has 0 aliphatic carbocycles. The van der Waals surface area contributed by atoms with Crippen molar-refractivity contribution in [3.63, 3.8) is 0 Å². The molecule has 0 saturated heterocycles. The van der Waals surface area contributed by atoms with Crippen LogP contribution in [0.25, 0.3) is 0 Å². The third kappa shape index (κ3) is 4.21. The van der Waals surface area contributed by atoms with Gasteiger partial charge in [-0.05, 0) is 50.2 Å². The van der Waals surface area contributed by atoms with E-state index in [1.807, 2.05) is 0 Å².